The first-order valence-corrected chi connectivity index (χ1v) is 9.33. The molecule has 0 saturated heterocycles. The molecule has 0 aliphatic rings. The van der Waals surface area contributed by atoms with Gasteiger partial charge in [-0.25, -0.2) is 4.57 Å². The van der Waals surface area contributed by atoms with Crippen LogP contribution in [0.1, 0.15) is 30.5 Å². The highest BCUT2D eigenvalue weighted by atomic mass is 16.3. The average molecular weight is 355 g/mol. The van der Waals surface area contributed by atoms with E-state index in [9.17, 15) is 5.26 Å². The molecule has 0 radical (unpaired) electrons. The fraction of sp³-hybridized carbons (Fsp3) is 0.250. The number of aryl methyl sites for hydroxylation is 2. The molecule has 0 spiro atoms. The van der Waals surface area contributed by atoms with Gasteiger partial charge in [-0.1, -0.05) is 13.8 Å². The second kappa shape index (κ2) is 6.55. The van der Waals surface area contributed by atoms with Gasteiger partial charge in [-0.3, -0.25) is 0 Å². The first-order valence-electron chi connectivity index (χ1n) is 9.33. The van der Waals surface area contributed by atoms with Crippen molar-refractivity contribution in [3.8, 4) is 17.3 Å². The minimum absolute atomic E-state index is 0.494. The predicted molar refractivity (Wildman–Crippen MR) is 108 cm³/mol. The van der Waals surface area contributed by atoms with E-state index in [2.05, 4.69) is 75.0 Å². The lowest BCUT2D eigenvalue weighted by molar-refractivity contribution is -0.660. The Labute approximate surface area is 159 Å². The van der Waals surface area contributed by atoms with E-state index in [1.54, 1.807) is 0 Å². The number of furan rings is 1. The largest absolute Gasteiger partial charge is 0.456 e. The third-order valence-corrected chi connectivity index (χ3v) is 5.12. The Balaban J connectivity index is 2.01. The molecule has 0 N–H and O–H groups in total. The Bertz CT molecular complexity index is 1210. The van der Waals surface area contributed by atoms with E-state index in [1.165, 1.54) is 16.8 Å². The van der Waals surface area contributed by atoms with Crippen LogP contribution in [0.3, 0.4) is 0 Å². The number of hydrogen-bond acceptors (Lipinski definition) is 2. The molecule has 0 atom stereocenters. The number of rotatable bonds is 3. The molecule has 0 saturated carbocycles. The quantitative estimate of drug-likeness (QED) is 0.458. The molecule has 0 amide bonds. The number of nitrogens with zero attached hydrogens (tertiary/aromatic N) is 2. The average Bonchev–Trinajstić information content (AvgIpc) is 2.96. The van der Waals surface area contributed by atoms with Gasteiger partial charge in [0.25, 0.3) is 0 Å². The normalized spacial score (nSPS) is 11.4. The highest BCUT2D eigenvalue weighted by Crippen LogP contribution is 2.35. The fourth-order valence-electron chi connectivity index (χ4n) is 3.81. The van der Waals surface area contributed by atoms with Gasteiger partial charge < -0.3 is 4.42 Å². The van der Waals surface area contributed by atoms with Crippen LogP contribution in [0.25, 0.3) is 33.2 Å². The van der Waals surface area contributed by atoms with Crippen molar-refractivity contribution >= 4 is 21.9 Å². The van der Waals surface area contributed by atoms with Gasteiger partial charge in [0, 0.05) is 28.5 Å². The standard InChI is InChI=1S/C24H23N2O/c1-15(2)9-17-11-20-21-13-19(22-7-5-6-8-26(22)4)16(3)10-23(21)27-24(20)12-18(17)14-25/h5-8,10-13,15H,9H2,1-4H3/q+1. The van der Waals surface area contributed by atoms with Crippen molar-refractivity contribution in [2.45, 2.75) is 27.2 Å². The summed E-state index contributed by atoms with van der Waals surface area (Å²) in [6.45, 7) is 6.46. The Morgan fingerprint density at radius 1 is 1.07 bits per heavy atom. The second-order valence-electron chi connectivity index (χ2n) is 7.68. The number of hydrogen-bond donors (Lipinski definition) is 0. The molecule has 2 heterocycles. The maximum Gasteiger partial charge on any atom is 0.212 e. The zero-order valence-electron chi connectivity index (χ0n) is 16.2. The van der Waals surface area contributed by atoms with Crippen molar-refractivity contribution in [3.05, 3.63) is 65.4 Å². The van der Waals surface area contributed by atoms with Crippen LogP contribution in [0.2, 0.25) is 0 Å². The third kappa shape index (κ3) is 2.98. The van der Waals surface area contributed by atoms with Crippen LogP contribution in [0.4, 0.5) is 0 Å². The lowest BCUT2D eigenvalue weighted by atomic mass is 9.95. The molecule has 2 aromatic carbocycles. The summed E-state index contributed by atoms with van der Waals surface area (Å²) in [7, 11) is 2.06. The van der Waals surface area contributed by atoms with Crippen LogP contribution in [-0.4, -0.2) is 0 Å². The molecule has 4 rings (SSSR count). The molecule has 134 valence electrons. The van der Waals surface area contributed by atoms with Gasteiger partial charge in [-0.2, -0.15) is 5.26 Å². The highest BCUT2D eigenvalue weighted by Gasteiger charge is 2.17. The highest BCUT2D eigenvalue weighted by molar-refractivity contribution is 6.07. The topological polar surface area (TPSA) is 40.8 Å². The maximum absolute atomic E-state index is 9.54. The summed E-state index contributed by atoms with van der Waals surface area (Å²) in [5, 5.41) is 11.7. The van der Waals surface area contributed by atoms with Crippen molar-refractivity contribution in [1.82, 2.24) is 0 Å². The van der Waals surface area contributed by atoms with Gasteiger partial charge in [-0.05, 0) is 60.7 Å². The van der Waals surface area contributed by atoms with Gasteiger partial charge >= 0.3 is 0 Å². The lowest BCUT2D eigenvalue weighted by Gasteiger charge is -2.07. The number of nitriles is 1. The third-order valence-electron chi connectivity index (χ3n) is 5.12. The van der Waals surface area contributed by atoms with Gasteiger partial charge in [0.1, 0.15) is 18.2 Å². The Kier molecular flexibility index (Phi) is 4.20. The van der Waals surface area contributed by atoms with E-state index in [1.807, 2.05) is 12.1 Å². The van der Waals surface area contributed by atoms with E-state index in [-0.39, 0.29) is 0 Å². The summed E-state index contributed by atoms with van der Waals surface area (Å²) in [6, 6.07) is 16.9. The molecular formula is C24H23N2O+. The van der Waals surface area contributed by atoms with E-state index in [0.29, 0.717) is 11.5 Å². The minimum Gasteiger partial charge on any atom is -0.456 e. The number of benzene rings is 2. The van der Waals surface area contributed by atoms with Crippen LogP contribution in [0.15, 0.2) is 53.1 Å². The molecule has 0 unspecified atom stereocenters. The maximum atomic E-state index is 9.54. The van der Waals surface area contributed by atoms with Crippen molar-refractivity contribution in [1.29, 1.82) is 5.26 Å². The molecule has 27 heavy (non-hydrogen) atoms. The molecule has 2 aromatic heterocycles. The zero-order chi connectivity index (χ0) is 19.1. The van der Waals surface area contributed by atoms with Crippen LogP contribution in [0.5, 0.6) is 0 Å². The summed E-state index contributed by atoms with van der Waals surface area (Å²) < 4.78 is 8.23. The van der Waals surface area contributed by atoms with Crippen LogP contribution in [0, 0.1) is 24.2 Å². The Morgan fingerprint density at radius 3 is 2.52 bits per heavy atom. The van der Waals surface area contributed by atoms with E-state index in [4.69, 9.17) is 4.42 Å². The van der Waals surface area contributed by atoms with E-state index >= 15 is 0 Å². The van der Waals surface area contributed by atoms with Gasteiger partial charge in [0.15, 0.2) is 6.20 Å². The van der Waals surface area contributed by atoms with Gasteiger partial charge in [0.05, 0.1) is 11.6 Å². The predicted octanol–water partition coefficient (Wildman–Crippen LogP) is 5.46. The van der Waals surface area contributed by atoms with Crippen LogP contribution < -0.4 is 4.57 Å². The van der Waals surface area contributed by atoms with Crippen molar-refractivity contribution in [3.63, 3.8) is 0 Å². The second-order valence-corrected chi connectivity index (χ2v) is 7.68. The van der Waals surface area contributed by atoms with Crippen molar-refractivity contribution in [2.24, 2.45) is 13.0 Å². The smallest absolute Gasteiger partial charge is 0.212 e. The summed E-state index contributed by atoms with van der Waals surface area (Å²) in [6.07, 6.45) is 2.95. The molecule has 4 aromatic rings. The molecule has 0 aliphatic carbocycles. The Hall–Kier alpha value is -3.12. The van der Waals surface area contributed by atoms with Crippen LogP contribution >= 0.6 is 0 Å². The van der Waals surface area contributed by atoms with Crippen molar-refractivity contribution < 1.29 is 8.98 Å². The summed E-state index contributed by atoms with van der Waals surface area (Å²) in [4.78, 5) is 0. The Morgan fingerprint density at radius 2 is 1.81 bits per heavy atom. The lowest BCUT2D eigenvalue weighted by Crippen LogP contribution is -2.30. The van der Waals surface area contributed by atoms with Crippen LogP contribution in [-0.2, 0) is 13.5 Å². The summed E-state index contributed by atoms with van der Waals surface area (Å²) in [5.41, 5.74) is 6.99. The monoisotopic (exact) mass is 355 g/mol. The number of pyridine rings is 1. The fourth-order valence-corrected chi connectivity index (χ4v) is 3.81. The summed E-state index contributed by atoms with van der Waals surface area (Å²) >= 11 is 0. The first kappa shape index (κ1) is 17.3. The SMILES string of the molecule is Cc1cc2oc3cc(C#N)c(CC(C)C)cc3c2cc1-c1cccc[n+]1C. The number of aromatic nitrogens is 1. The molecule has 0 aliphatic heterocycles. The summed E-state index contributed by atoms with van der Waals surface area (Å²) in [5.74, 6) is 0.494. The van der Waals surface area contributed by atoms with Crippen molar-refractivity contribution in [2.75, 3.05) is 0 Å². The molecule has 0 fully saturated rings. The van der Waals surface area contributed by atoms with Gasteiger partial charge in [0.2, 0.25) is 5.69 Å². The van der Waals surface area contributed by atoms with Gasteiger partial charge in [-0.15, -0.1) is 0 Å². The number of fused-ring (bicyclic) bond motifs is 3. The zero-order valence-corrected chi connectivity index (χ0v) is 16.2. The molecule has 3 nitrogen and oxygen atoms in total. The molecule has 0 bridgehead atoms. The van der Waals surface area contributed by atoms with E-state index in [0.717, 1.165) is 33.9 Å². The minimum atomic E-state index is 0.494. The molecular weight excluding hydrogens is 332 g/mol. The first-order chi connectivity index (χ1) is 13.0. The molecule has 3 heteroatoms. The van der Waals surface area contributed by atoms with E-state index < -0.39 is 0 Å².